The highest BCUT2D eigenvalue weighted by Gasteiger charge is 2.45. The standard InChI is InChI=1S/C19H23N3O3/c1-18(2,3)10-13-25-17(24)22-11-8-19(9-12-22)16(23)20-14-6-4-5-7-15(14)21-19/h4-7,21H,8-9,11-12H2,1-3H3,(H,20,23). The van der Waals surface area contributed by atoms with Crippen molar-refractivity contribution in [1.82, 2.24) is 4.90 Å². The number of amides is 2. The third kappa shape index (κ3) is 3.71. The maximum Gasteiger partial charge on any atom is 0.423 e. The van der Waals surface area contributed by atoms with Gasteiger partial charge in [-0.15, -0.1) is 0 Å². The van der Waals surface area contributed by atoms with Crippen LogP contribution in [0.2, 0.25) is 0 Å². The topological polar surface area (TPSA) is 70.7 Å². The first-order chi connectivity index (χ1) is 11.8. The minimum absolute atomic E-state index is 0.0493. The van der Waals surface area contributed by atoms with Crippen LogP contribution < -0.4 is 10.6 Å². The van der Waals surface area contributed by atoms with E-state index in [4.69, 9.17) is 4.74 Å². The molecule has 2 heterocycles. The van der Waals surface area contributed by atoms with Crippen molar-refractivity contribution in [2.24, 2.45) is 5.41 Å². The summed E-state index contributed by atoms with van der Waals surface area (Å²) in [6, 6.07) is 7.63. The summed E-state index contributed by atoms with van der Waals surface area (Å²) in [6.07, 6.45) is 3.07. The number of para-hydroxylation sites is 2. The number of hydrogen-bond donors (Lipinski definition) is 2. The summed E-state index contributed by atoms with van der Waals surface area (Å²) < 4.78 is 5.02. The van der Waals surface area contributed by atoms with Gasteiger partial charge in [0.1, 0.15) is 11.6 Å². The van der Waals surface area contributed by atoms with E-state index in [0.717, 1.165) is 11.4 Å². The van der Waals surface area contributed by atoms with E-state index in [1.807, 2.05) is 45.0 Å². The number of fused-ring (bicyclic) bond motifs is 1. The Morgan fingerprint density at radius 3 is 2.48 bits per heavy atom. The minimum atomic E-state index is -0.678. The second-order valence-electron chi connectivity index (χ2n) is 7.54. The van der Waals surface area contributed by atoms with Crippen LogP contribution in [0.15, 0.2) is 24.3 Å². The van der Waals surface area contributed by atoms with Crippen molar-refractivity contribution in [3.63, 3.8) is 0 Å². The maximum atomic E-state index is 12.6. The van der Waals surface area contributed by atoms with Gasteiger partial charge in [-0.1, -0.05) is 18.1 Å². The molecule has 0 unspecified atom stereocenters. The molecule has 1 saturated heterocycles. The number of nitrogens with zero attached hydrogens (tertiary/aromatic N) is 1. The number of piperidine rings is 1. The molecule has 3 rings (SSSR count). The van der Waals surface area contributed by atoms with Crippen LogP contribution in [0, 0.1) is 17.4 Å². The number of carbonyl (C=O) groups is 2. The molecule has 1 aromatic rings. The lowest BCUT2D eigenvalue weighted by atomic mass is 9.84. The van der Waals surface area contributed by atoms with Gasteiger partial charge in [-0.05, 0) is 45.7 Å². The van der Waals surface area contributed by atoms with Gasteiger partial charge in [0, 0.05) is 18.5 Å². The van der Waals surface area contributed by atoms with Crippen LogP contribution in [0.1, 0.15) is 33.6 Å². The molecule has 1 fully saturated rings. The summed E-state index contributed by atoms with van der Waals surface area (Å²) in [5.41, 5.74) is 0.804. The largest absolute Gasteiger partial charge is 0.423 e. The zero-order valence-electron chi connectivity index (χ0n) is 14.8. The minimum Gasteiger partial charge on any atom is -0.369 e. The lowest BCUT2D eigenvalue weighted by Crippen LogP contribution is -2.59. The van der Waals surface area contributed by atoms with Gasteiger partial charge in [0.25, 0.3) is 0 Å². The molecule has 1 aromatic carbocycles. The van der Waals surface area contributed by atoms with Crippen LogP contribution in [0.5, 0.6) is 0 Å². The van der Waals surface area contributed by atoms with Gasteiger partial charge < -0.3 is 20.3 Å². The Morgan fingerprint density at radius 1 is 1.20 bits per heavy atom. The van der Waals surface area contributed by atoms with Gasteiger partial charge in [0.2, 0.25) is 5.91 Å². The van der Waals surface area contributed by atoms with Crippen LogP contribution in [0.4, 0.5) is 16.2 Å². The van der Waals surface area contributed by atoms with E-state index in [1.165, 1.54) is 0 Å². The molecule has 2 amide bonds. The van der Waals surface area contributed by atoms with Crippen LogP contribution in [0.25, 0.3) is 0 Å². The Labute approximate surface area is 147 Å². The first kappa shape index (κ1) is 17.2. The Balaban J connectivity index is 1.63. The lowest BCUT2D eigenvalue weighted by molar-refractivity contribution is -0.122. The van der Waals surface area contributed by atoms with E-state index < -0.39 is 11.6 Å². The van der Waals surface area contributed by atoms with Crippen molar-refractivity contribution in [3.05, 3.63) is 24.3 Å². The maximum absolute atomic E-state index is 12.6. The first-order valence-corrected chi connectivity index (χ1v) is 8.46. The van der Waals surface area contributed by atoms with Gasteiger partial charge in [0.15, 0.2) is 0 Å². The van der Waals surface area contributed by atoms with Gasteiger partial charge in [-0.25, -0.2) is 4.79 Å². The third-order valence-corrected chi connectivity index (χ3v) is 4.42. The molecular formula is C19H23N3O3. The predicted octanol–water partition coefficient (Wildman–Crippen LogP) is 3.03. The zero-order chi connectivity index (χ0) is 18.1. The van der Waals surface area contributed by atoms with Crippen molar-refractivity contribution in [2.45, 2.75) is 39.2 Å². The molecule has 0 bridgehead atoms. The fourth-order valence-corrected chi connectivity index (χ4v) is 2.97. The van der Waals surface area contributed by atoms with Crippen molar-refractivity contribution < 1.29 is 14.3 Å². The van der Waals surface area contributed by atoms with E-state index in [2.05, 4.69) is 22.7 Å². The second kappa shape index (κ2) is 6.32. The molecule has 25 heavy (non-hydrogen) atoms. The highest BCUT2D eigenvalue weighted by Crippen LogP contribution is 2.36. The molecule has 0 radical (unpaired) electrons. The zero-order valence-corrected chi connectivity index (χ0v) is 14.8. The van der Waals surface area contributed by atoms with Gasteiger partial charge >= 0.3 is 6.09 Å². The molecule has 2 N–H and O–H groups in total. The van der Waals surface area contributed by atoms with E-state index in [9.17, 15) is 9.59 Å². The molecule has 0 aliphatic carbocycles. The number of hydrogen-bond acceptors (Lipinski definition) is 4. The van der Waals surface area contributed by atoms with Crippen molar-refractivity contribution in [1.29, 1.82) is 0 Å². The van der Waals surface area contributed by atoms with Crippen molar-refractivity contribution >= 4 is 23.4 Å². The SMILES string of the molecule is CC(C)(C)C#COC(=O)N1CCC2(CC1)Nc1ccccc1NC2=O. The summed E-state index contributed by atoms with van der Waals surface area (Å²) in [4.78, 5) is 26.3. The van der Waals surface area contributed by atoms with E-state index in [0.29, 0.717) is 25.9 Å². The van der Waals surface area contributed by atoms with E-state index in [1.54, 1.807) is 4.90 Å². The molecule has 0 aromatic heterocycles. The molecule has 2 aliphatic heterocycles. The summed E-state index contributed by atoms with van der Waals surface area (Å²) in [5, 5.41) is 6.32. The molecule has 0 saturated carbocycles. The van der Waals surface area contributed by atoms with Crippen LogP contribution in [-0.2, 0) is 9.53 Å². The smallest absolute Gasteiger partial charge is 0.369 e. The van der Waals surface area contributed by atoms with Crippen LogP contribution in [-0.4, -0.2) is 35.5 Å². The molecule has 2 aliphatic rings. The normalized spacial score (nSPS) is 18.4. The first-order valence-electron chi connectivity index (χ1n) is 8.46. The lowest BCUT2D eigenvalue weighted by Gasteiger charge is -2.43. The molecule has 1 spiro atoms. The fraction of sp³-hybridized carbons (Fsp3) is 0.474. The number of carbonyl (C=O) groups excluding carboxylic acids is 2. The summed E-state index contributed by atoms with van der Waals surface area (Å²) in [5.74, 6) is 2.82. The van der Waals surface area contributed by atoms with E-state index >= 15 is 0 Å². The molecule has 6 heteroatoms. The van der Waals surface area contributed by atoms with Crippen molar-refractivity contribution in [3.8, 4) is 12.0 Å². The number of benzene rings is 1. The number of ether oxygens (including phenoxy) is 1. The molecule has 0 atom stereocenters. The summed E-state index contributed by atoms with van der Waals surface area (Å²) in [7, 11) is 0. The molecular weight excluding hydrogens is 318 g/mol. The average Bonchev–Trinajstić information content (AvgIpc) is 2.55. The average molecular weight is 341 g/mol. The van der Waals surface area contributed by atoms with Gasteiger partial charge in [-0.2, -0.15) is 0 Å². The Kier molecular flexibility index (Phi) is 4.34. The summed E-state index contributed by atoms with van der Waals surface area (Å²) in [6.45, 7) is 6.73. The third-order valence-electron chi connectivity index (χ3n) is 4.42. The van der Waals surface area contributed by atoms with Gasteiger partial charge in [-0.3, -0.25) is 4.79 Å². The van der Waals surface area contributed by atoms with Crippen LogP contribution in [0.3, 0.4) is 0 Å². The summed E-state index contributed by atoms with van der Waals surface area (Å²) >= 11 is 0. The monoisotopic (exact) mass is 341 g/mol. The Morgan fingerprint density at radius 2 is 1.84 bits per heavy atom. The Hall–Kier alpha value is -2.68. The fourth-order valence-electron chi connectivity index (χ4n) is 2.97. The highest BCUT2D eigenvalue weighted by atomic mass is 16.5. The second-order valence-corrected chi connectivity index (χ2v) is 7.54. The van der Waals surface area contributed by atoms with Crippen molar-refractivity contribution in [2.75, 3.05) is 23.7 Å². The Bertz CT molecular complexity index is 747. The van der Waals surface area contributed by atoms with E-state index in [-0.39, 0.29) is 11.3 Å². The van der Waals surface area contributed by atoms with Gasteiger partial charge in [0.05, 0.1) is 11.4 Å². The number of likely N-dealkylation sites (tertiary alicyclic amines) is 1. The highest BCUT2D eigenvalue weighted by molar-refractivity contribution is 6.06. The quantitative estimate of drug-likeness (QED) is 0.712. The number of anilines is 2. The number of nitrogens with one attached hydrogen (secondary N) is 2. The molecule has 6 nitrogen and oxygen atoms in total. The van der Waals surface area contributed by atoms with Crippen LogP contribution >= 0.6 is 0 Å². The predicted molar refractivity (Wildman–Crippen MR) is 95.9 cm³/mol. The molecule has 132 valence electrons. The number of rotatable bonds is 0.